The van der Waals surface area contributed by atoms with Crippen molar-refractivity contribution < 1.29 is 13.5 Å². The predicted molar refractivity (Wildman–Crippen MR) is 95.9 cm³/mol. The first-order valence-electron chi connectivity index (χ1n) is 7.26. The standard InChI is InChI=1S/C16H8BrClF2N4O2/c17-10-3-1-2-9-12(10)21-16(25)24-14(9)22-13(23-24)8-5-4-7(18)6-11(8)26-15(19)20/h1-6,15H,(H,21,25). The summed E-state index contributed by atoms with van der Waals surface area (Å²) < 4.78 is 31.7. The van der Waals surface area contributed by atoms with Crippen LogP contribution in [0, 0.1) is 0 Å². The molecule has 0 aliphatic rings. The van der Waals surface area contributed by atoms with Gasteiger partial charge in [0.2, 0.25) is 0 Å². The van der Waals surface area contributed by atoms with E-state index in [0.717, 1.165) is 4.52 Å². The smallest absolute Gasteiger partial charge is 0.387 e. The van der Waals surface area contributed by atoms with E-state index in [1.807, 2.05) is 0 Å². The average molecular weight is 442 g/mol. The molecule has 0 atom stereocenters. The highest BCUT2D eigenvalue weighted by Crippen LogP contribution is 2.33. The molecule has 2 heterocycles. The molecule has 0 aliphatic heterocycles. The second kappa shape index (κ2) is 6.33. The van der Waals surface area contributed by atoms with Crippen LogP contribution in [0.5, 0.6) is 5.75 Å². The Morgan fingerprint density at radius 1 is 1.27 bits per heavy atom. The van der Waals surface area contributed by atoms with Crippen molar-refractivity contribution in [2.24, 2.45) is 0 Å². The van der Waals surface area contributed by atoms with Gasteiger partial charge in [0.05, 0.1) is 11.1 Å². The van der Waals surface area contributed by atoms with Crippen LogP contribution in [0.4, 0.5) is 8.78 Å². The summed E-state index contributed by atoms with van der Waals surface area (Å²) in [5.41, 5.74) is 0.534. The lowest BCUT2D eigenvalue weighted by Gasteiger charge is -2.08. The van der Waals surface area contributed by atoms with E-state index >= 15 is 0 Å². The minimum Gasteiger partial charge on any atom is -0.434 e. The summed E-state index contributed by atoms with van der Waals surface area (Å²) in [6.07, 6.45) is 0. The minimum absolute atomic E-state index is 0.0651. The van der Waals surface area contributed by atoms with E-state index in [4.69, 9.17) is 11.6 Å². The molecule has 1 N–H and O–H groups in total. The van der Waals surface area contributed by atoms with Gasteiger partial charge in [-0.2, -0.15) is 13.3 Å². The van der Waals surface area contributed by atoms with Crippen molar-refractivity contribution in [3.05, 3.63) is 56.4 Å². The number of halogens is 4. The number of hydrogen-bond donors (Lipinski definition) is 1. The molecule has 0 bridgehead atoms. The van der Waals surface area contributed by atoms with E-state index in [2.05, 4.69) is 35.7 Å². The van der Waals surface area contributed by atoms with Gasteiger partial charge in [0, 0.05) is 14.9 Å². The number of aromatic nitrogens is 4. The van der Waals surface area contributed by atoms with Gasteiger partial charge in [-0.25, -0.2) is 9.78 Å². The average Bonchev–Trinajstić information content (AvgIpc) is 3.01. The summed E-state index contributed by atoms with van der Waals surface area (Å²) in [5, 5.41) is 5.00. The zero-order valence-corrected chi connectivity index (χ0v) is 15.1. The molecule has 0 radical (unpaired) electrons. The van der Waals surface area contributed by atoms with Crippen molar-refractivity contribution >= 4 is 44.1 Å². The van der Waals surface area contributed by atoms with Crippen LogP contribution in [0.3, 0.4) is 0 Å². The number of hydrogen-bond acceptors (Lipinski definition) is 4. The van der Waals surface area contributed by atoms with E-state index < -0.39 is 12.3 Å². The summed E-state index contributed by atoms with van der Waals surface area (Å²) in [6, 6.07) is 9.53. The highest BCUT2D eigenvalue weighted by atomic mass is 79.9. The van der Waals surface area contributed by atoms with Crippen molar-refractivity contribution in [1.29, 1.82) is 0 Å². The van der Waals surface area contributed by atoms with Crippen molar-refractivity contribution in [2.75, 3.05) is 0 Å². The van der Waals surface area contributed by atoms with Crippen molar-refractivity contribution in [1.82, 2.24) is 19.6 Å². The number of H-pyrrole nitrogens is 1. The number of aromatic amines is 1. The van der Waals surface area contributed by atoms with E-state index in [1.165, 1.54) is 18.2 Å². The van der Waals surface area contributed by atoms with Crippen molar-refractivity contribution in [2.45, 2.75) is 6.61 Å². The van der Waals surface area contributed by atoms with Crippen LogP contribution >= 0.6 is 27.5 Å². The van der Waals surface area contributed by atoms with Crippen LogP contribution < -0.4 is 10.4 Å². The molecular weight excluding hydrogens is 434 g/mol. The lowest BCUT2D eigenvalue weighted by atomic mass is 10.2. The number of alkyl halides is 2. The Kier molecular flexibility index (Phi) is 4.12. The number of nitrogens with zero attached hydrogens (tertiary/aromatic N) is 3. The first kappa shape index (κ1) is 16.9. The fraction of sp³-hybridized carbons (Fsp3) is 0.0625. The fourth-order valence-corrected chi connectivity index (χ4v) is 3.24. The molecule has 0 saturated carbocycles. The molecule has 0 fully saturated rings. The van der Waals surface area contributed by atoms with Gasteiger partial charge in [-0.05, 0) is 46.3 Å². The Bertz CT molecular complexity index is 1210. The Hall–Kier alpha value is -2.52. The molecule has 6 nitrogen and oxygen atoms in total. The molecule has 0 aliphatic carbocycles. The lowest BCUT2D eigenvalue weighted by molar-refractivity contribution is -0.0494. The highest BCUT2D eigenvalue weighted by molar-refractivity contribution is 9.10. The second-order valence-corrected chi connectivity index (χ2v) is 6.57. The van der Waals surface area contributed by atoms with E-state index in [1.54, 1.807) is 18.2 Å². The minimum atomic E-state index is -3.04. The SMILES string of the molecule is O=c1[nH]c2c(Br)cccc2c2nc(-c3ccc(Cl)cc3OC(F)F)nn12. The molecule has 26 heavy (non-hydrogen) atoms. The maximum Gasteiger partial charge on any atom is 0.387 e. The number of nitrogens with one attached hydrogen (secondary N) is 1. The summed E-state index contributed by atoms with van der Waals surface area (Å²) in [7, 11) is 0. The Morgan fingerprint density at radius 2 is 2.08 bits per heavy atom. The molecule has 2 aromatic heterocycles. The van der Waals surface area contributed by atoms with E-state index in [-0.39, 0.29) is 27.8 Å². The summed E-state index contributed by atoms with van der Waals surface area (Å²) in [4.78, 5) is 19.4. The fourth-order valence-electron chi connectivity index (χ4n) is 2.61. The number of para-hydroxylation sites is 1. The van der Waals surface area contributed by atoms with Gasteiger partial charge in [0.15, 0.2) is 11.5 Å². The van der Waals surface area contributed by atoms with Gasteiger partial charge in [-0.15, -0.1) is 5.10 Å². The second-order valence-electron chi connectivity index (χ2n) is 5.28. The molecular formula is C16H8BrClF2N4O2. The van der Waals surface area contributed by atoms with Crippen LogP contribution in [-0.2, 0) is 0 Å². The first-order valence-corrected chi connectivity index (χ1v) is 8.43. The van der Waals surface area contributed by atoms with Crippen molar-refractivity contribution in [3.8, 4) is 17.1 Å². The summed E-state index contributed by atoms with van der Waals surface area (Å²) in [6.45, 7) is -3.04. The number of benzene rings is 2. The molecule has 10 heteroatoms. The summed E-state index contributed by atoms with van der Waals surface area (Å²) in [5.74, 6) is -0.111. The monoisotopic (exact) mass is 440 g/mol. The first-order chi connectivity index (χ1) is 12.4. The van der Waals surface area contributed by atoms with Gasteiger partial charge >= 0.3 is 12.3 Å². The Morgan fingerprint density at radius 3 is 2.85 bits per heavy atom. The van der Waals surface area contributed by atoms with Crippen LogP contribution in [0.15, 0.2) is 45.7 Å². The third kappa shape index (κ3) is 2.82. The van der Waals surface area contributed by atoms with E-state index in [9.17, 15) is 13.6 Å². The van der Waals surface area contributed by atoms with E-state index in [0.29, 0.717) is 15.4 Å². The molecule has 4 rings (SSSR count). The summed E-state index contributed by atoms with van der Waals surface area (Å²) >= 11 is 9.23. The predicted octanol–water partition coefficient (Wildman–Crippen LogP) is 4.26. The van der Waals surface area contributed by atoms with Crippen LogP contribution in [0.25, 0.3) is 27.9 Å². The Labute approximate surface area is 157 Å². The van der Waals surface area contributed by atoms with Gasteiger partial charge in [-0.3, -0.25) is 0 Å². The Balaban J connectivity index is 2.00. The van der Waals surface area contributed by atoms with Crippen LogP contribution in [-0.4, -0.2) is 26.2 Å². The highest BCUT2D eigenvalue weighted by Gasteiger charge is 2.18. The third-order valence-corrected chi connectivity index (χ3v) is 4.58. The maximum atomic E-state index is 12.7. The number of fused-ring (bicyclic) bond motifs is 3. The van der Waals surface area contributed by atoms with Gasteiger partial charge < -0.3 is 9.72 Å². The number of ether oxygens (including phenoxy) is 1. The van der Waals surface area contributed by atoms with Crippen LogP contribution in [0.2, 0.25) is 5.02 Å². The normalized spacial score (nSPS) is 11.6. The van der Waals surface area contributed by atoms with Gasteiger partial charge in [0.1, 0.15) is 5.75 Å². The molecule has 0 saturated heterocycles. The maximum absolute atomic E-state index is 12.7. The molecule has 0 amide bonds. The molecule has 0 spiro atoms. The third-order valence-electron chi connectivity index (χ3n) is 3.69. The van der Waals surface area contributed by atoms with Gasteiger partial charge in [-0.1, -0.05) is 17.7 Å². The molecule has 132 valence electrons. The molecule has 0 unspecified atom stereocenters. The number of rotatable bonds is 3. The van der Waals surface area contributed by atoms with Crippen LogP contribution in [0.1, 0.15) is 0 Å². The largest absolute Gasteiger partial charge is 0.434 e. The lowest BCUT2D eigenvalue weighted by Crippen LogP contribution is -2.17. The molecule has 4 aromatic rings. The molecule has 2 aromatic carbocycles. The van der Waals surface area contributed by atoms with Crippen molar-refractivity contribution in [3.63, 3.8) is 0 Å². The topological polar surface area (TPSA) is 72.3 Å². The quantitative estimate of drug-likeness (QED) is 0.516. The zero-order chi connectivity index (χ0) is 18.4. The zero-order valence-electron chi connectivity index (χ0n) is 12.7. The van der Waals surface area contributed by atoms with Gasteiger partial charge in [0.25, 0.3) is 0 Å².